The minimum Gasteiger partial charge on any atom is -0.483 e. The van der Waals surface area contributed by atoms with Crippen LogP contribution in [0.25, 0.3) is 0 Å². The summed E-state index contributed by atoms with van der Waals surface area (Å²) in [5, 5.41) is 9.98. The van der Waals surface area contributed by atoms with Gasteiger partial charge in [0, 0.05) is 44.6 Å². The molecule has 2 atom stereocenters. The molecule has 0 aromatic carbocycles. The topological polar surface area (TPSA) is 121 Å². The fourth-order valence-corrected chi connectivity index (χ4v) is 4.23. The summed E-state index contributed by atoms with van der Waals surface area (Å²) in [6, 6.07) is 3.51. The van der Waals surface area contributed by atoms with Gasteiger partial charge >= 0.3 is 0 Å². The molecule has 2 aromatic rings. The summed E-state index contributed by atoms with van der Waals surface area (Å²) in [5.41, 5.74) is 0. The lowest BCUT2D eigenvalue weighted by atomic mass is 9.99. The van der Waals surface area contributed by atoms with E-state index in [0.717, 1.165) is 38.9 Å². The van der Waals surface area contributed by atoms with Crippen LogP contribution in [0.3, 0.4) is 0 Å². The van der Waals surface area contributed by atoms with E-state index in [0.29, 0.717) is 24.6 Å². The lowest BCUT2D eigenvalue weighted by Crippen LogP contribution is -2.43. The molecule has 0 saturated carbocycles. The molecule has 0 unspecified atom stereocenters. The molecule has 33 heavy (non-hydrogen) atoms. The maximum Gasteiger partial charge on any atom is 0.290 e. The maximum atomic E-state index is 12.9. The SMILES string of the molecule is CN1C[C@@H](NC(=O)c2ccc(Cn3ccnc3)o2)CC[C@@H](C(=O)N2CC=CCC2)C1.O=CO. The summed E-state index contributed by atoms with van der Waals surface area (Å²) < 4.78 is 7.60. The first-order valence-corrected chi connectivity index (χ1v) is 11.1. The number of aromatic nitrogens is 2. The third-order valence-corrected chi connectivity index (χ3v) is 5.77. The quantitative estimate of drug-likeness (QED) is 0.515. The van der Waals surface area contributed by atoms with Crippen LogP contribution in [0, 0.1) is 5.92 Å². The summed E-state index contributed by atoms with van der Waals surface area (Å²) in [6.45, 7) is 3.24. The molecule has 2 amide bonds. The summed E-state index contributed by atoms with van der Waals surface area (Å²) >= 11 is 0. The summed E-state index contributed by atoms with van der Waals surface area (Å²) in [7, 11) is 2.01. The van der Waals surface area contributed by atoms with Crippen molar-refractivity contribution >= 4 is 18.3 Å². The zero-order chi connectivity index (χ0) is 23.6. The normalized spacial score (nSPS) is 20.9. The molecule has 0 spiro atoms. The van der Waals surface area contributed by atoms with Crippen molar-refractivity contribution in [3.8, 4) is 0 Å². The molecule has 2 aliphatic heterocycles. The predicted molar refractivity (Wildman–Crippen MR) is 121 cm³/mol. The number of amides is 2. The van der Waals surface area contributed by atoms with E-state index in [1.54, 1.807) is 18.6 Å². The van der Waals surface area contributed by atoms with Crippen molar-refractivity contribution < 1.29 is 23.9 Å². The van der Waals surface area contributed by atoms with Crippen LogP contribution in [-0.4, -0.2) is 82.0 Å². The van der Waals surface area contributed by atoms with Crippen molar-refractivity contribution in [2.45, 2.75) is 31.8 Å². The van der Waals surface area contributed by atoms with E-state index in [-0.39, 0.29) is 30.2 Å². The molecule has 2 N–H and O–H groups in total. The van der Waals surface area contributed by atoms with E-state index in [9.17, 15) is 9.59 Å². The highest BCUT2D eigenvalue weighted by Gasteiger charge is 2.30. The highest BCUT2D eigenvalue weighted by molar-refractivity contribution is 5.91. The van der Waals surface area contributed by atoms with Gasteiger partial charge in [0.25, 0.3) is 12.4 Å². The van der Waals surface area contributed by atoms with Crippen LogP contribution in [0.1, 0.15) is 35.6 Å². The maximum absolute atomic E-state index is 12.9. The predicted octanol–water partition coefficient (Wildman–Crippen LogP) is 1.45. The van der Waals surface area contributed by atoms with E-state index < -0.39 is 0 Å². The molecule has 1 fully saturated rings. The van der Waals surface area contributed by atoms with Gasteiger partial charge in [0.2, 0.25) is 5.91 Å². The van der Waals surface area contributed by atoms with Gasteiger partial charge in [-0.2, -0.15) is 0 Å². The number of hydrogen-bond donors (Lipinski definition) is 2. The molecule has 2 aromatic heterocycles. The Morgan fingerprint density at radius 1 is 1.27 bits per heavy atom. The Morgan fingerprint density at radius 2 is 2.09 bits per heavy atom. The monoisotopic (exact) mass is 457 g/mol. The van der Waals surface area contributed by atoms with Crippen LogP contribution in [0.4, 0.5) is 0 Å². The van der Waals surface area contributed by atoms with Gasteiger partial charge in [-0.05, 0) is 38.4 Å². The largest absolute Gasteiger partial charge is 0.483 e. The molecule has 0 bridgehead atoms. The number of nitrogens with zero attached hydrogens (tertiary/aromatic N) is 4. The minimum atomic E-state index is -0.250. The zero-order valence-corrected chi connectivity index (χ0v) is 18.8. The van der Waals surface area contributed by atoms with E-state index in [1.807, 2.05) is 28.8 Å². The molecule has 10 heteroatoms. The first-order chi connectivity index (χ1) is 16.0. The highest BCUT2D eigenvalue weighted by atomic mass is 16.4. The van der Waals surface area contributed by atoms with Crippen LogP contribution < -0.4 is 5.32 Å². The van der Waals surface area contributed by atoms with Gasteiger partial charge in [-0.25, -0.2) is 4.98 Å². The van der Waals surface area contributed by atoms with Crippen molar-refractivity contribution in [2.75, 3.05) is 33.2 Å². The van der Waals surface area contributed by atoms with E-state index >= 15 is 0 Å². The Morgan fingerprint density at radius 3 is 2.79 bits per heavy atom. The molecule has 4 rings (SSSR count). The van der Waals surface area contributed by atoms with Crippen LogP contribution in [0.5, 0.6) is 0 Å². The second-order valence-electron chi connectivity index (χ2n) is 8.32. The first kappa shape index (κ1) is 24.2. The lowest BCUT2D eigenvalue weighted by Gasteiger charge is -2.28. The van der Waals surface area contributed by atoms with Crippen molar-refractivity contribution in [3.05, 3.63) is 54.5 Å². The number of likely N-dealkylation sites (N-methyl/N-ethyl adjacent to an activating group) is 1. The Hall–Kier alpha value is -3.40. The van der Waals surface area contributed by atoms with Gasteiger partial charge < -0.3 is 29.2 Å². The number of likely N-dealkylation sites (tertiary alicyclic amines) is 1. The standard InChI is InChI=1S/C22H29N5O3.CH2O2/c1-25-13-17(22(29)27-10-3-2-4-11-27)5-6-18(14-25)24-21(28)20-8-7-19(30-20)15-26-12-9-23-16-26;2-1-3/h2-3,7-9,12,16-18H,4-6,10-11,13-15H2,1H3,(H,24,28);1H,(H,2,3)/t17-,18+;/m1./s1. The summed E-state index contributed by atoms with van der Waals surface area (Å²) in [6.07, 6.45) is 11.9. The van der Waals surface area contributed by atoms with Gasteiger partial charge in [0.05, 0.1) is 18.8 Å². The number of nitrogens with one attached hydrogen (secondary N) is 1. The van der Waals surface area contributed by atoms with Crippen molar-refractivity contribution in [2.24, 2.45) is 5.92 Å². The molecule has 2 aliphatic rings. The lowest BCUT2D eigenvalue weighted by molar-refractivity contribution is -0.135. The molecule has 1 saturated heterocycles. The average molecular weight is 458 g/mol. The average Bonchev–Trinajstić information content (AvgIpc) is 3.46. The summed E-state index contributed by atoms with van der Waals surface area (Å²) in [4.78, 5) is 42.0. The van der Waals surface area contributed by atoms with E-state index in [1.165, 1.54) is 0 Å². The second kappa shape index (κ2) is 12.0. The number of carboxylic acid groups (broad SMARTS) is 1. The van der Waals surface area contributed by atoms with Gasteiger partial charge in [0.1, 0.15) is 5.76 Å². The Bertz CT molecular complexity index is 939. The number of furan rings is 1. The van der Waals surface area contributed by atoms with Crippen molar-refractivity contribution in [1.29, 1.82) is 0 Å². The Balaban J connectivity index is 0.000000968. The second-order valence-corrected chi connectivity index (χ2v) is 8.32. The van der Waals surface area contributed by atoms with Gasteiger partial charge in [-0.3, -0.25) is 14.4 Å². The van der Waals surface area contributed by atoms with E-state index in [2.05, 4.69) is 27.4 Å². The zero-order valence-electron chi connectivity index (χ0n) is 18.8. The fraction of sp³-hybridized carbons (Fsp3) is 0.478. The van der Waals surface area contributed by atoms with Crippen molar-refractivity contribution in [3.63, 3.8) is 0 Å². The van der Waals surface area contributed by atoms with Crippen LogP contribution in [0.15, 0.2) is 47.4 Å². The number of imidazole rings is 1. The smallest absolute Gasteiger partial charge is 0.290 e. The van der Waals surface area contributed by atoms with Gasteiger partial charge in [-0.1, -0.05) is 12.2 Å². The van der Waals surface area contributed by atoms with Crippen LogP contribution in [-0.2, 0) is 16.1 Å². The van der Waals surface area contributed by atoms with Crippen molar-refractivity contribution in [1.82, 2.24) is 24.7 Å². The summed E-state index contributed by atoms with van der Waals surface area (Å²) in [5.74, 6) is 1.01. The molecule has 0 radical (unpaired) electrons. The molecule has 178 valence electrons. The Kier molecular flexibility index (Phi) is 8.82. The molecular formula is C23H31N5O5. The van der Waals surface area contributed by atoms with E-state index in [4.69, 9.17) is 14.3 Å². The number of rotatable bonds is 5. The molecular weight excluding hydrogens is 426 g/mol. The number of carbonyl (C=O) groups excluding carboxylic acids is 2. The first-order valence-electron chi connectivity index (χ1n) is 11.1. The van der Waals surface area contributed by atoms with Crippen LogP contribution in [0.2, 0.25) is 0 Å². The highest BCUT2D eigenvalue weighted by Crippen LogP contribution is 2.20. The van der Waals surface area contributed by atoms with Gasteiger partial charge in [0.15, 0.2) is 5.76 Å². The van der Waals surface area contributed by atoms with Gasteiger partial charge in [-0.15, -0.1) is 0 Å². The Labute approximate surface area is 192 Å². The third kappa shape index (κ3) is 7.04. The fourth-order valence-electron chi connectivity index (χ4n) is 4.23. The third-order valence-electron chi connectivity index (χ3n) is 5.77. The molecule has 10 nitrogen and oxygen atoms in total. The van der Waals surface area contributed by atoms with Crippen LogP contribution >= 0.6 is 0 Å². The number of hydrogen-bond acceptors (Lipinski definition) is 6. The molecule has 4 heterocycles. The minimum absolute atomic E-state index is 0.0104. The molecule has 0 aliphatic carbocycles. The number of carbonyl (C=O) groups is 3.